The van der Waals surface area contributed by atoms with E-state index in [1.165, 1.54) is 5.56 Å². The van der Waals surface area contributed by atoms with Crippen molar-refractivity contribution in [3.63, 3.8) is 0 Å². The Morgan fingerprint density at radius 1 is 0.960 bits per heavy atom. The predicted octanol–water partition coefficient (Wildman–Crippen LogP) is 3.82. The molecule has 0 saturated carbocycles. The summed E-state index contributed by atoms with van der Waals surface area (Å²) in [4.78, 5) is 15.0. The summed E-state index contributed by atoms with van der Waals surface area (Å²) < 4.78 is 0. The van der Waals surface area contributed by atoms with Gasteiger partial charge in [0, 0.05) is 43.8 Å². The Morgan fingerprint density at radius 3 is 2.48 bits per heavy atom. The van der Waals surface area contributed by atoms with Gasteiger partial charge in [-0.2, -0.15) is 4.98 Å². The Bertz CT molecular complexity index is 792. The zero-order valence-corrected chi connectivity index (χ0v) is 14.8. The molecule has 0 aliphatic rings. The number of likely N-dealkylation sites (N-methyl/N-ethyl adjacent to an activating group) is 1. The molecule has 0 aliphatic carbocycles. The lowest BCUT2D eigenvalue weighted by atomic mass is 10.2. The van der Waals surface area contributed by atoms with E-state index in [0.29, 0.717) is 12.5 Å². The molecule has 0 saturated heterocycles. The van der Waals surface area contributed by atoms with Gasteiger partial charge >= 0.3 is 0 Å². The maximum Gasteiger partial charge on any atom is 0.226 e. The van der Waals surface area contributed by atoms with E-state index in [0.717, 1.165) is 29.4 Å². The third-order valence-electron chi connectivity index (χ3n) is 3.86. The standard InChI is InChI=1S/C19H20ClN5/c1-25(13-9-15-6-10-21-11-7-15)19-22-12-8-18(24-19)23-14-16-2-4-17(20)5-3-16/h2-8,10-12H,9,13-14H2,1H3,(H,22,23,24). The number of benzene rings is 1. The molecule has 0 amide bonds. The van der Waals surface area contributed by atoms with Gasteiger partial charge < -0.3 is 10.2 Å². The van der Waals surface area contributed by atoms with Gasteiger partial charge in [-0.15, -0.1) is 0 Å². The normalized spacial score (nSPS) is 10.5. The summed E-state index contributed by atoms with van der Waals surface area (Å²) in [6, 6.07) is 13.7. The fourth-order valence-electron chi connectivity index (χ4n) is 2.37. The number of pyridine rings is 1. The first-order valence-corrected chi connectivity index (χ1v) is 8.50. The summed E-state index contributed by atoms with van der Waals surface area (Å²) in [5, 5.41) is 4.06. The summed E-state index contributed by atoms with van der Waals surface area (Å²) in [5.41, 5.74) is 2.40. The summed E-state index contributed by atoms with van der Waals surface area (Å²) in [6.45, 7) is 1.53. The monoisotopic (exact) mass is 353 g/mol. The molecule has 25 heavy (non-hydrogen) atoms. The molecule has 0 bridgehead atoms. The molecule has 128 valence electrons. The third-order valence-corrected chi connectivity index (χ3v) is 4.11. The summed E-state index contributed by atoms with van der Waals surface area (Å²) in [5.74, 6) is 1.51. The number of anilines is 2. The maximum absolute atomic E-state index is 5.91. The molecule has 2 heterocycles. The highest BCUT2D eigenvalue weighted by Crippen LogP contribution is 2.13. The van der Waals surface area contributed by atoms with Crippen LogP contribution in [0.25, 0.3) is 0 Å². The van der Waals surface area contributed by atoms with Gasteiger partial charge in [0.2, 0.25) is 5.95 Å². The van der Waals surface area contributed by atoms with Gasteiger partial charge in [-0.05, 0) is 47.9 Å². The van der Waals surface area contributed by atoms with Crippen LogP contribution in [0.3, 0.4) is 0 Å². The molecule has 3 rings (SSSR count). The maximum atomic E-state index is 5.91. The molecule has 0 aliphatic heterocycles. The van der Waals surface area contributed by atoms with E-state index in [4.69, 9.17) is 11.6 Å². The van der Waals surface area contributed by atoms with E-state index in [-0.39, 0.29) is 0 Å². The Balaban J connectivity index is 1.57. The fourth-order valence-corrected chi connectivity index (χ4v) is 2.50. The summed E-state index contributed by atoms with van der Waals surface area (Å²) >= 11 is 5.91. The Kier molecular flexibility index (Phi) is 5.80. The Labute approximate surface area is 152 Å². The predicted molar refractivity (Wildman–Crippen MR) is 102 cm³/mol. The van der Waals surface area contributed by atoms with Crippen LogP contribution in [0.15, 0.2) is 61.1 Å². The minimum atomic E-state index is 0.689. The van der Waals surface area contributed by atoms with E-state index in [9.17, 15) is 0 Å². The highest BCUT2D eigenvalue weighted by Gasteiger charge is 2.06. The van der Waals surface area contributed by atoms with Gasteiger partial charge in [0.1, 0.15) is 5.82 Å². The van der Waals surface area contributed by atoms with Crippen LogP contribution in [0.5, 0.6) is 0 Å². The van der Waals surface area contributed by atoms with Gasteiger partial charge in [0.15, 0.2) is 0 Å². The second-order valence-electron chi connectivity index (χ2n) is 5.75. The van der Waals surface area contributed by atoms with E-state index >= 15 is 0 Å². The summed E-state index contributed by atoms with van der Waals surface area (Å²) in [6.07, 6.45) is 6.32. The van der Waals surface area contributed by atoms with Gasteiger partial charge in [-0.25, -0.2) is 4.98 Å². The van der Waals surface area contributed by atoms with Crippen molar-refractivity contribution in [2.45, 2.75) is 13.0 Å². The molecule has 0 radical (unpaired) electrons. The molecule has 0 fully saturated rings. The van der Waals surface area contributed by atoms with Crippen molar-refractivity contribution >= 4 is 23.4 Å². The van der Waals surface area contributed by atoms with Crippen LogP contribution < -0.4 is 10.2 Å². The Hall–Kier alpha value is -2.66. The van der Waals surface area contributed by atoms with Crippen LogP contribution in [0.1, 0.15) is 11.1 Å². The lowest BCUT2D eigenvalue weighted by molar-refractivity contribution is 0.836. The van der Waals surface area contributed by atoms with Gasteiger partial charge in [-0.1, -0.05) is 23.7 Å². The minimum Gasteiger partial charge on any atom is -0.366 e. The average molecular weight is 354 g/mol. The number of nitrogens with one attached hydrogen (secondary N) is 1. The first-order valence-electron chi connectivity index (χ1n) is 8.12. The first kappa shape index (κ1) is 17.2. The molecule has 0 unspecified atom stereocenters. The minimum absolute atomic E-state index is 0.689. The smallest absolute Gasteiger partial charge is 0.226 e. The number of rotatable bonds is 7. The molecule has 2 aromatic heterocycles. The van der Waals surface area contributed by atoms with Crippen LogP contribution in [-0.2, 0) is 13.0 Å². The van der Waals surface area contributed by atoms with Crippen LogP contribution in [-0.4, -0.2) is 28.5 Å². The quantitative estimate of drug-likeness (QED) is 0.699. The molecule has 5 nitrogen and oxygen atoms in total. The van der Waals surface area contributed by atoms with Crippen molar-refractivity contribution in [3.05, 3.63) is 77.2 Å². The highest BCUT2D eigenvalue weighted by atomic mass is 35.5. The highest BCUT2D eigenvalue weighted by molar-refractivity contribution is 6.30. The number of halogens is 1. The van der Waals surface area contributed by atoms with Crippen LogP contribution in [0.2, 0.25) is 5.02 Å². The summed E-state index contributed by atoms with van der Waals surface area (Å²) in [7, 11) is 2.00. The van der Waals surface area contributed by atoms with Crippen LogP contribution in [0, 0.1) is 0 Å². The van der Waals surface area contributed by atoms with E-state index < -0.39 is 0 Å². The lowest BCUT2D eigenvalue weighted by Crippen LogP contribution is -2.22. The average Bonchev–Trinajstić information content (AvgIpc) is 2.67. The first-order chi connectivity index (χ1) is 12.2. The fraction of sp³-hybridized carbons (Fsp3) is 0.211. The molecule has 1 N–H and O–H groups in total. The molecule has 1 aromatic carbocycles. The molecule has 3 aromatic rings. The van der Waals surface area contributed by atoms with Crippen molar-refractivity contribution < 1.29 is 0 Å². The van der Waals surface area contributed by atoms with E-state index in [1.54, 1.807) is 6.20 Å². The van der Waals surface area contributed by atoms with Crippen molar-refractivity contribution in [3.8, 4) is 0 Å². The van der Waals surface area contributed by atoms with Crippen molar-refractivity contribution in [1.82, 2.24) is 15.0 Å². The van der Waals surface area contributed by atoms with Crippen LogP contribution in [0.4, 0.5) is 11.8 Å². The van der Waals surface area contributed by atoms with Gasteiger partial charge in [-0.3, -0.25) is 4.98 Å². The largest absolute Gasteiger partial charge is 0.366 e. The van der Waals surface area contributed by atoms with Crippen molar-refractivity contribution in [2.24, 2.45) is 0 Å². The van der Waals surface area contributed by atoms with Crippen molar-refractivity contribution in [1.29, 1.82) is 0 Å². The third kappa shape index (κ3) is 5.16. The SMILES string of the molecule is CN(CCc1ccncc1)c1nccc(NCc2ccc(Cl)cc2)n1. The number of nitrogens with zero attached hydrogens (tertiary/aromatic N) is 4. The molecule has 6 heteroatoms. The van der Waals surface area contributed by atoms with Crippen LogP contribution >= 0.6 is 11.6 Å². The van der Waals surface area contributed by atoms with Crippen molar-refractivity contribution in [2.75, 3.05) is 23.8 Å². The Morgan fingerprint density at radius 2 is 1.72 bits per heavy atom. The molecular weight excluding hydrogens is 334 g/mol. The zero-order valence-electron chi connectivity index (χ0n) is 14.1. The molecule has 0 spiro atoms. The van der Waals surface area contributed by atoms with E-state index in [1.807, 2.05) is 66.8 Å². The zero-order chi connectivity index (χ0) is 17.5. The van der Waals surface area contributed by atoms with E-state index in [2.05, 4.69) is 20.3 Å². The van der Waals surface area contributed by atoms with Gasteiger partial charge in [0.25, 0.3) is 0 Å². The molecule has 0 atom stereocenters. The van der Waals surface area contributed by atoms with Gasteiger partial charge in [0.05, 0.1) is 0 Å². The second-order valence-corrected chi connectivity index (χ2v) is 6.19. The lowest BCUT2D eigenvalue weighted by Gasteiger charge is -2.17. The topological polar surface area (TPSA) is 53.9 Å². The number of aromatic nitrogens is 3. The second kappa shape index (κ2) is 8.44. The molecular formula is C19H20ClN5. The number of hydrogen-bond acceptors (Lipinski definition) is 5. The number of hydrogen-bond donors (Lipinski definition) is 1.